The second-order valence-corrected chi connectivity index (χ2v) is 19.3. The fraction of sp³-hybridized carbons (Fsp3) is 0.895. The summed E-state index contributed by atoms with van der Waals surface area (Å²) >= 11 is 0. The molecule has 372 valence electrons. The Morgan fingerprint density at radius 2 is 0.746 bits per heavy atom. The second kappa shape index (κ2) is 53.0. The number of aliphatic hydroxyl groups excluding tert-OH is 2. The number of rotatable bonds is 52. The van der Waals surface area contributed by atoms with Crippen LogP contribution in [0.2, 0.25) is 0 Å². The van der Waals surface area contributed by atoms with Crippen LogP contribution in [0.1, 0.15) is 303 Å². The monoisotopic (exact) mass is 888 g/mol. The number of nitrogens with one attached hydrogen (secondary N) is 1. The van der Waals surface area contributed by atoms with E-state index in [2.05, 4.69) is 31.3 Å². The molecule has 0 radical (unpaired) electrons. The molecule has 2 unspecified atom stereocenters. The SMILES string of the molecule is CCCCCCCCCCCCCCC/C=C/C(O)C(CO)NC(=O)CCCCCCCCC/C=C\CCCCCCCCOC(=O)CCCCCCCCCCCCCCCC. The first-order valence-electron chi connectivity index (χ1n) is 28.1. The molecule has 0 aromatic rings. The molecule has 0 aliphatic carbocycles. The molecule has 63 heavy (non-hydrogen) atoms. The zero-order valence-corrected chi connectivity index (χ0v) is 42.3. The van der Waals surface area contributed by atoms with Gasteiger partial charge in [0.25, 0.3) is 0 Å². The fourth-order valence-electron chi connectivity index (χ4n) is 8.63. The molecule has 0 fully saturated rings. The summed E-state index contributed by atoms with van der Waals surface area (Å²) in [5.41, 5.74) is 0. The molecule has 2 atom stereocenters. The molecule has 0 bridgehead atoms. The van der Waals surface area contributed by atoms with Crippen molar-refractivity contribution in [3.8, 4) is 0 Å². The van der Waals surface area contributed by atoms with Gasteiger partial charge in [0.1, 0.15) is 0 Å². The van der Waals surface area contributed by atoms with Crippen molar-refractivity contribution in [3.05, 3.63) is 24.3 Å². The predicted octanol–water partition coefficient (Wildman–Crippen LogP) is 17.1. The van der Waals surface area contributed by atoms with Crippen LogP contribution in [-0.4, -0.2) is 47.4 Å². The van der Waals surface area contributed by atoms with Gasteiger partial charge in [-0.3, -0.25) is 9.59 Å². The molecule has 0 aliphatic heterocycles. The van der Waals surface area contributed by atoms with Crippen molar-refractivity contribution in [3.63, 3.8) is 0 Å². The van der Waals surface area contributed by atoms with Gasteiger partial charge in [-0.1, -0.05) is 256 Å². The first-order valence-corrected chi connectivity index (χ1v) is 28.1. The Labute approximate surface area is 392 Å². The molecular formula is C57H109NO5. The van der Waals surface area contributed by atoms with Crippen LogP contribution in [0.25, 0.3) is 0 Å². The molecule has 0 aromatic heterocycles. The number of ether oxygens (including phenoxy) is 1. The lowest BCUT2D eigenvalue weighted by Gasteiger charge is -2.20. The van der Waals surface area contributed by atoms with E-state index in [9.17, 15) is 19.8 Å². The topological polar surface area (TPSA) is 95.9 Å². The molecule has 3 N–H and O–H groups in total. The minimum atomic E-state index is -0.851. The van der Waals surface area contributed by atoms with Crippen LogP contribution in [0.4, 0.5) is 0 Å². The number of carbonyl (C=O) groups is 2. The lowest BCUT2D eigenvalue weighted by Crippen LogP contribution is -2.45. The quantitative estimate of drug-likeness (QED) is 0.0321. The number of hydrogen-bond donors (Lipinski definition) is 3. The van der Waals surface area contributed by atoms with E-state index < -0.39 is 12.1 Å². The van der Waals surface area contributed by atoms with Gasteiger partial charge in [0.2, 0.25) is 5.91 Å². The number of unbranched alkanes of at least 4 members (excludes halogenated alkanes) is 39. The standard InChI is InChI=1S/C57H109NO5/c1-3-5-7-9-11-13-15-17-22-25-29-33-37-41-45-49-55(60)54(53-59)58-56(61)50-46-42-38-34-30-26-23-20-19-21-24-28-32-36-40-44-48-52-63-57(62)51-47-43-39-35-31-27-18-16-14-12-10-8-6-4-2/h19,21,45,49,54-55,59-60H,3-18,20,22-44,46-48,50-53H2,1-2H3,(H,58,61)/b21-19-,49-45+. The number of allylic oxidation sites excluding steroid dienone is 3. The zero-order valence-electron chi connectivity index (χ0n) is 42.3. The van der Waals surface area contributed by atoms with Gasteiger partial charge in [-0.15, -0.1) is 0 Å². The summed E-state index contributed by atoms with van der Waals surface area (Å²) < 4.78 is 5.47. The highest BCUT2D eigenvalue weighted by Crippen LogP contribution is 2.16. The molecular weight excluding hydrogens is 779 g/mol. The summed E-state index contributed by atoms with van der Waals surface area (Å²) in [5, 5.41) is 23.1. The number of aliphatic hydroxyl groups is 2. The summed E-state index contributed by atoms with van der Waals surface area (Å²) in [4.78, 5) is 24.5. The first kappa shape index (κ1) is 61.3. The molecule has 0 saturated heterocycles. The van der Waals surface area contributed by atoms with Crippen LogP contribution in [0, 0.1) is 0 Å². The molecule has 1 amide bonds. The molecule has 0 aliphatic rings. The van der Waals surface area contributed by atoms with Crippen LogP contribution in [0.15, 0.2) is 24.3 Å². The maximum atomic E-state index is 12.4. The Balaban J connectivity index is 3.48. The van der Waals surface area contributed by atoms with Gasteiger partial charge in [0.15, 0.2) is 0 Å². The third kappa shape index (κ3) is 49.6. The van der Waals surface area contributed by atoms with E-state index in [0.717, 1.165) is 57.8 Å². The van der Waals surface area contributed by atoms with Gasteiger partial charge in [0.05, 0.1) is 25.4 Å². The highest BCUT2D eigenvalue weighted by atomic mass is 16.5. The lowest BCUT2D eigenvalue weighted by atomic mass is 10.0. The Morgan fingerprint density at radius 1 is 0.429 bits per heavy atom. The van der Waals surface area contributed by atoms with E-state index in [-0.39, 0.29) is 18.5 Å². The minimum Gasteiger partial charge on any atom is -0.466 e. The van der Waals surface area contributed by atoms with Crippen molar-refractivity contribution in [1.82, 2.24) is 5.32 Å². The number of amides is 1. The molecule has 0 saturated carbocycles. The summed E-state index contributed by atoms with van der Waals surface area (Å²) in [5.74, 6) is -0.0795. The first-order chi connectivity index (χ1) is 31.0. The average Bonchev–Trinajstić information content (AvgIpc) is 3.28. The van der Waals surface area contributed by atoms with Crippen molar-refractivity contribution >= 4 is 11.9 Å². The second-order valence-electron chi connectivity index (χ2n) is 19.3. The Morgan fingerprint density at radius 3 is 1.13 bits per heavy atom. The molecule has 0 rings (SSSR count). The molecule has 0 heterocycles. The van der Waals surface area contributed by atoms with E-state index in [1.165, 1.54) is 218 Å². The van der Waals surface area contributed by atoms with Gasteiger partial charge < -0.3 is 20.3 Å². The largest absolute Gasteiger partial charge is 0.466 e. The van der Waals surface area contributed by atoms with Gasteiger partial charge in [-0.25, -0.2) is 0 Å². The van der Waals surface area contributed by atoms with Crippen molar-refractivity contribution < 1.29 is 24.5 Å². The van der Waals surface area contributed by atoms with Gasteiger partial charge in [-0.05, 0) is 57.8 Å². The van der Waals surface area contributed by atoms with E-state index in [0.29, 0.717) is 19.4 Å². The van der Waals surface area contributed by atoms with E-state index in [4.69, 9.17) is 4.74 Å². The van der Waals surface area contributed by atoms with Gasteiger partial charge >= 0.3 is 5.97 Å². The molecule has 0 aromatic carbocycles. The van der Waals surface area contributed by atoms with Crippen LogP contribution in [0.3, 0.4) is 0 Å². The maximum Gasteiger partial charge on any atom is 0.305 e. The highest BCUT2D eigenvalue weighted by molar-refractivity contribution is 5.76. The fourth-order valence-corrected chi connectivity index (χ4v) is 8.63. The van der Waals surface area contributed by atoms with Crippen molar-refractivity contribution in [2.75, 3.05) is 13.2 Å². The third-order valence-electron chi connectivity index (χ3n) is 13.0. The Kier molecular flexibility index (Phi) is 51.6. The van der Waals surface area contributed by atoms with Gasteiger partial charge in [-0.2, -0.15) is 0 Å². The summed E-state index contributed by atoms with van der Waals surface area (Å²) in [6, 6.07) is -0.636. The molecule has 6 nitrogen and oxygen atoms in total. The lowest BCUT2D eigenvalue weighted by molar-refractivity contribution is -0.143. The van der Waals surface area contributed by atoms with Crippen LogP contribution in [-0.2, 0) is 14.3 Å². The average molecular weight is 889 g/mol. The normalized spacial score (nSPS) is 12.8. The minimum absolute atomic E-state index is 0.000489. The predicted molar refractivity (Wildman–Crippen MR) is 273 cm³/mol. The van der Waals surface area contributed by atoms with E-state index in [1.54, 1.807) is 6.08 Å². The van der Waals surface area contributed by atoms with Crippen molar-refractivity contribution in [2.24, 2.45) is 0 Å². The summed E-state index contributed by atoms with van der Waals surface area (Å²) in [6.07, 6.45) is 63.3. The van der Waals surface area contributed by atoms with Crippen molar-refractivity contribution in [2.45, 2.75) is 315 Å². The van der Waals surface area contributed by atoms with E-state index >= 15 is 0 Å². The molecule has 0 spiro atoms. The van der Waals surface area contributed by atoms with Crippen molar-refractivity contribution in [1.29, 1.82) is 0 Å². The Hall–Kier alpha value is -1.66. The van der Waals surface area contributed by atoms with E-state index in [1.807, 2.05) is 6.08 Å². The molecule has 6 heteroatoms. The third-order valence-corrected chi connectivity index (χ3v) is 13.0. The van der Waals surface area contributed by atoms with Gasteiger partial charge in [0, 0.05) is 12.8 Å². The zero-order chi connectivity index (χ0) is 45.8. The number of hydrogen-bond acceptors (Lipinski definition) is 5. The Bertz CT molecular complexity index is 982. The van der Waals surface area contributed by atoms with Crippen LogP contribution in [0.5, 0.6) is 0 Å². The number of carbonyl (C=O) groups excluding carboxylic acids is 2. The summed E-state index contributed by atoms with van der Waals surface area (Å²) in [6.45, 7) is 4.89. The maximum absolute atomic E-state index is 12.4. The smallest absolute Gasteiger partial charge is 0.305 e. The number of esters is 1. The van der Waals surface area contributed by atoms with Crippen LogP contribution >= 0.6 is 0 Å². The summed E-state index contributed by atoms with van der Waals surface area (Å²) in [7, 11) is 0. The highest BCUT2D eigenvalue weighted by Gasteiger charge is 2.18. The van der Waals surface area contributed by atoms with Crippen LogP contribution < -0.4 is 5.32 Å².